The van der Waals surface area contributed by atoms with Crippen LogP contribution < -0.4 is 11.1 Å². The molecule has 1 atom stereocenters. The van der Waals surface area contributed by atoms with E-state index in [0.29, 0.717) is 42.0 Å². The summed E-state index contributed by atoms with van der Waals surface area (Å²) in [4.78, 5) is 24.7. The molecule has 1 unspecified atom stereocenters. The predicted octanol–water partition coefficient (Wildman–Crippen LogP) is 7.92. The van der Waals surface area contributed by atoms with Crippen molar-refractivity contribution >= 4 is 11.7 Å². The number of alkyl halides is 3. The minimum atomic E-state index is -4.51. The summed E-state index contributed by atoms with van der Waals surface area (Å²) in [6.07, 6.45) is 16.1. The highest BCUT2D eigenvalue weighted by atomic mass is 19.4. The number of rotatable bonds is 7. The summed E-state index contributed by atoms with van der Waals surface area (Å²) < 4.78 is 42.4. The van der Waals surface area contributed by atoms with Crippen molar-refractivity contribution in [2.75, 3.05) is 0 Å². The minimum absolute atomic E-state index is 0.0709. The molecular formula is C35H39F3N2O2. The van der Waals surface area contributed by atoms with Crippen LogP contribution in [0.5, 0.6) is 0 Å². The summed E-state index contributed by atoms with van der Waals surface area (Å²) in [7, 11) is 0. The Morgan fingerprint density at radius 1 is 1.05 bits per heavy atom. The Bertz CT molecular complexity index is 1410. The second-order valence-corrected chi connectivity index (χ2v) is 11.7. The van der Waals surface area contributed by atoms with Gasteiger partial charge in [-0.25, -0.2) is 0 Å². The first-order valence-electron chi connectivity index (χ1n) is 14.6. The molecule has 4 nitrogen and oxygen atoms in total. The third-order valence-electron chi connectivity index (χ3n) is 8.51. The van der Waals surface area contributed by atoms with Crippen molar-refractivity contribution in [2.45, 2.75) is 71.4 Å². The van der Waals surface area contributed by atoms with E-state index in [2.05, 4.69) is 17.6 Å². The van der Waals surface area contributed by atoms with Crippen molar-refractivity contribution in [2.24, 2.45) is 23.5 Å². The van der Waals surface area contributed by atoms with E-state index >= 15 is 0 Å². The fourth-order valence-electron chi connectivity index (χ4n) is 6.23. The average Bonchev–Trinajstić information content (AvgIpc) is 3.19. The van der Waals surface area contributed by atoms with E-state index in [1.165, 1.54) is 0 Å². The molecule has 42 heavy (non-hydrogen) atoms. The zero-order valence-corrected chi connectivity index (χ0v) is 24.3. The van der Waals surface area contributed by atoms with E-state index in [4.69, 9.17) is 5.73 Å². The zero-order chi connectivity index (χ0) is 30.4. The molecule has 0 spiro atoms. The maximum Gasteiger partial charge on any atom is 0.416 e. The second kappa shape index (κ2) is 13.4. The van der Waals surface area contributed by atoms with Crippen molar-refractivity contribution < 1.29 is 22.8 Å². The van der Waals surface area contributed by atoms with Gasteiger partial charge in [0.25, 0.3) is 5.91 Å². The quantitative estimate of drug-likeness (QED) is 0.303. The fourth-order valence-corrected chi connectivity index (χ4v) is 6.23. The SMILES string of the molecule is C=C=C1C=CC=CC=C1C(N)=C1C=C(C(=O)NC2=CC(C(F)(F)F)=C(CC3CCC(CC(C)=O)CC3)CC2)C=CC1C. The molecule has 1 amide bonds. The third-order valence-corrected chi connectivity index (χ3v) is 8.51. The number of carbonyl (C=O) groups is 2. The summed E-state index contributed by atoms with van der Waals surface area (Å²) >= 11 is 0. The highest BCUT2D eigenvalue weighted by Gasteiger charge is 2.37. The molecule has 4 rings (SSSR count). The number of amides is 1. The van der Waals surface area contributed by atoms with Crippen LogP contribution in [0.25, 0.3) is 0 Å². The molecule has 3 N–H and O–H groups in total. The van der Waals surface area contributed by atoms with Gasteiger partial charge in [-0.15, -0.1) is 5.73 Å². The summed E-state index contributed by atoms with van der Waals surface area (Å²) in [6.45, 7) is 7.30. The van der Waals surface area contributed by atoms with E-state index in [1.54, 1.807) is 19.1 Å². The van der Waals surface area contributed by atoms with Gasteiger partial charge >= 0.3 is 6.18 Å². The number of ketones is 1. The van der Waals surface area contributed by atoms with Crippen LogP contribution in [0, 0.1) is 17.8 Å². The number of halogens is 3. The van der Waals surface area contributed by atoms with Crippen LogP contribution in [0.1, 0.15) is 65.2 Å². The highest BCUT2D eigenvalue weighted by molar-refractivity contribution is 5.98. The lowest BCUT2D eigenvalue weighted by molar-refractivity contribution is -0.118. The van der Waals surface area contributed by atoms with E-state index < -0.39 is 17.7 Å². The number of carbonyl (C=O) groups excluding carboxylic acids is 2. The number of allylic oxidation sites excluding steroid dienone is 13. The Balaban J connectivity index is 1.51. The van der Waals surface area contributed by atoms with Gasteiger partial charge in [-0.2, -0.15) is 13.2 Å². The molecule has 222 valence electrons. The molecule has 0 aromatic heterocycles. The van der Waals surface area contributed by atoms with E-state index in [9.17, 15) is 22.8 Å². The monoisotopic (exact) mass is 576 g/mol. The fraction of sp³-hybridized carbons (Fsp3) is 0.400. The van der Waals surface area contributed by atoms with Crippen LogP contribution in [0.3, 0.4) is 0 Å². The van der Waals surface area contributed by atoms with Gasteiger partial charge in [0, 0.05) is 40.5 Å². The van der Waals surface area contributed by atoms with Crippen molar-refractivity contribution in [1.82, 2.24) is 5.32 Å². The first-order chi connectivity index (χ1) is 20.0. The lowest BCUT2D eigenvalue weighted by Crippen LogP contribution is -2.28. The topological polar surface area (TPSA) is 72.2 Å². The van der Waals surface area contributed by atoms with Crippen molar-refractivity contribution in [1.29, 1.82) is 0 Å². The molecule has 1 saturated carbocycles. The molecule has 4 aliphatic carbocycles. The summed E-state index contributed by atoms with van der Waals surface area (Å²) in [5.41, 5.74) is 12.5. The number of Topliss-reactive ketones (excluding diaryl/α,β-unsaturated/α-hetero) is 1. The average molecular weight is 577 g/mol. The van der Waals surface area contributed by atoms with Crippen LogP contribution in [0.15, 0.2) is 112 Å². The zero-order valence-electron chi connectivity index (χ0n) is 24.3. The summed E-state index contributed by atoms with van der Waals surface area (Å²) in [5.74, 6) is 0.156. The summed E-state index contributed by atoms with van der Waals surface area (Å²) in [5, 5.41) is 2.73. The first-order valence-corrected chi connectivity index (χ1v) is 14.6. The Kier molecular flexibility index (Phi) is 9.95. The molecule has 0 aliphatic heterocycles. The summed E-state index contributed by atoms with van der Waals surface area (Å²) in [6, 6.07) is 0. The van der Waals surface area contributed by atoms with Gasteiger partial charge in [0.05, 0.1) is 5.57 Å². The molecule has 4 aliphatic rings. The Labute approximate surface area is 246 Å². The van der Waals surface area contributed by atoms with Crippen LogP contribution >= 0.6 is 0 Å². The maximum absolute atomic E-state index is 14.1. The van der Waals surface area contributed by atoms with Gasteiger partial charge in [-0.3, -0.25) is 4.79 Å². The van der Waals surface area contributed by atoms with Crippen molar-refractivity contribution in [3.05, 3.63) is 112 Å². The van der Waals surface area contributed by atoms with Crippen molar-refractivity contribution in [3.63, 3.8) is 0 Å². The Morgan fingerprint density at radius 2 is 1.76 bits per heavy atom. The van der Waals surface area contributed by atoms with Gasteiger partial charge in [-0.1, -0.05) is 55.5 Å². The van der Waals surface area contributed by atoms with Gasteiger partial charge < -0.3 is 15.8 Å². The molecule has 1 fully saturated rings. The molecular weight excluding hydrogens is 537 g/mol. The minimum Gasteiger partial charge on any atom is -0.398 e. The molecule has 0 saturated heterocycles. The normalized spacial score (nSPS) is 25.7. The highest BCUT2D eigenvalue weighted by Crippen LogP contribution is 2.41. The van der Waals surface area contributed by atoms with E-state index in [0.717, 1.165) is 48.5 Å². The lowest BCUT2D eigenvalue weighted by atomic mass is 9.76. The molecule has 7 heteroatoms. The Morgan fingerprint density at radius 3 is 2.43 bits per heavy atom. The van der Waals surface area contributed by atoms with Gasteiger partial charge in [-0.05, 0) is 87.5 Å². The third kappa shape index (κ3) is 7.71. The number of hydrogen-bond donors (Lipinski definition) is 2. The lowest BCUT2D eigenvalue weighted by Gasteiger charge is -2.30. The standard InChI is InChI=1S/C35H39F3N2O2/c1-4-26-8-6-5-7-9-30(26)33(39)31-20-28(15-10-22(31)2)34(42)40-29-17-16-27(32(21-29)35(36,37)38)19-25-13-11-24(12-14-25)18-23(3)41/h5-10,15,20-22,24-25H,1,11-14,16-19,39H2,2-3H3,(H,40,42). The smallest absolute Gasteiger partial charge is 0.398 e. The largest absolute Gasteiger partial charge is 0.416 e. The van der Waals surface area contributed by atoms with E-state index in [-0.39, 0.29) is 29.7 Å². The van der Waals surface area contributed by atoms with Crippen LogP contribution in [0.2, 0.25) is 0 Å². The molecule has 0 bridgehead atoms. The van der Waals surface area contributed by atoms with Gasteiger partial charge in [0.1, 0.15) is 5.78 Å². The maximum atomic E-state index is 14.1. The molecule has 0 radical (unpaired) electrons. The van der Waals surface area contributed by atoms with Crippen LogP contribution in [0.4, 0.5) is 13.2 Å². The molecule has 0 aromatic rings. The van der Waals surface area contributed by atoms with Gasteiger partial charge in [0.15, 0.2) is 0 Å². The van der Waals surface area contributed by atoms with E-state index in [1.807, 2.05) is 43.4 Å². The molecule has 0 aromatic carbocycles. The molecule has 0 heterocycles. The number of nitrogens with one attached hydrogen (secondary N) is 1. The van der Waals surface area contributed by atoms with Gasteiger partial charge in [0.2, 0.25) is 0 Å². The number of nitrogens with two attached hydrogens (primary N) is 1. The van der Waals surface area contributed by atoms with Crippen LogP contribution in [-0.2, 0) is 9.59 Å². The predicted molar refractivity (Wildman–Crippen MR) is 161 cm³/mol. The second-order valence-electron chi connectivity index (χ2n) is 11.7. The Hall–Kier alpha value is -3.83. The number of hydrogen-bond acceptors (Lipinski definition) is 3. The first kappa shape index (κ1) is 31.1. The van der Waals surface area contributed by atoms with Crippen molar-refractivity contribution in [3.8, 4) is 0 Å². The van der Waals surface area contributed by atoms with Crippen LogP contribution in [-0.4, -0.2) is 17.9 Å².